The molecule has 1 aromatic heterocycles. The van der Waals surface area contributed by atoms with Gasteiger partial charge in [0.1, 0.15) is 0 Å². The highest BCUT2D eigenvalue weighted by molar-refractivity contribution is 7.13. The SMILES string of the molecule is CCCC(C)N(C)c1nc(C(=O)O)cs1. The van der Waals surface area contributed by atoms with Crippen molar-refractivity contribution in [2.75, 3.05) is 11.9 Å². The van der Waals surface area contributed by atoms with Crippen LogP contribution in [-0.2, 0) is 0 Å². The second kappa shape index (κ2) is 5.11. The summed E-state index contributed by atoms with van der Waals surface area (Å²) in [4.78, 5) is 16.7. The molecule has 0 aromatic carbocycles. The molecule has 1 rings (SSSR count). The largest absolute Gasteiger partial charge is 0.476 e. The predicted molar refractivity (Wildman–Crippen MR) is 61.8 cm³/mol. The van der Waals surface area contributed by atoms with E-state index in [1.54, 1.807) is 5.38 Å². The van der Waals surface area contributed by atoms with Gasteiger partial charge in [-0.2, -0.15) is 0 Å². The van der Waals surface area contributed by atoms with Crippen LogP contribution in [0.1, 0.15) is 37.2 Å². The first-order valence-corrected chi connectivity index (χ1v) is 5.85. The highest BCUT2D eigenvalue weighted by Gasteiger charge is 2.15. The van der Waals surface area contributed by atoms with Gasteiger partial charge in [-0.15, -0.1) is 11.3 Å². The van der Waals surface area contributed by atoms with E-state index in [-0.39, 0.29) is 5.69 Å². The van der Waals surface area contributed by atoms with Crippen LogP contribution in [0.4, 0.5) is 5.13 Å². The monoisotopic (exact) mass is 228 g/mol. The van der Waals surface area contributed by atoms with Crippen molar-refractivity contribution in [3.63, 3.8) is 0 Å². The summed E-state index contributed by atoms with van der Waals surface area (Å²) in [6.45, 7) is 4.25. The molecule has 1 unspecified atom stereocenters. The molecule has 0 saturated carbocycles. The first-order valence-electron chi connectivity index (χ1n) is 4.98. The Morgan fingerprint density at radius 1 is 1.73 bits per heavy atom. The summed E-state index contributed by atoms with van der Waals surface area (Å²) in [6, 6.07) is 0.391. The van der Waals surface area contributed by atoms with Gasteiger partial charge < -0.3 is 10.0 Å². The minimum atomic E-state index is -0.964. The molecule has 1 N–H and O–H groups in total. The Labute approximate surface area is 93.6 Å². The zero-order valence-corrected chi connectivity index (χ0v) is 10.0. The standard InChI is InChI=1S/C10H16N2O2S/c1-4-5-7(2)12(3)10-11-8(6-15-10)9(13)14/h6-7H,4-5H2,1-3H3,(H,13,14). The fourth-order valence-corrected chi connectivity index (χ4v) is 2.19. The molecule has 1 heterocycles. The molecule has 0 aliphatic carbocycles. The maximum Gasteiger partial charge on any atom is 0.355 e. The maximum atomic E-state index is 10.7. The van der Waals surface area contributed by atoms with Crippen molar-refractivity contribution in [3.8, 4) is 0 Å². The third kappa shape index (κ3) is 2.92. The van der Waals surface area contributed by atoms with Crippen LogP contribution >= 0.6 is 11.3 Å². The third-order valence-electron chi connectivity index (χ3n) is 2.38. The number of carboxylic acids is 1. The van der Waals surface area contributed by atoms with E-state index in [2.05, 4.69) is 18.8 Å². The first-order chi connectivity index (χ1) is 7.06. The van der Waals surface area contributed by atoms with E-state index in [1.165, 1.54) is 11.3 Å². The quantitative estimate of drug-likeness (QED) is 0.841. The van der Waals surface area contributed by atoms with E-state index in [0.717, 1.165) is 18.0 Å². The van der Waals surface area contributed by atoms with Crippen molar-refractivity contribution in [1.82, 2.24) is 4.98 Å². The summed E-state index contributed by atoms with van der Waals surface area (Å²) < 4.78 is 0. The van der Waals surface area contributed by atoms with E-state index < -0.39 is 5.97 Å². The van der Waals surface area contributed by atoms with Gasteiger partial charge in [0.25, 0.3) is 0 Å². The molecule has 5 heteroatoms. The molecular formula is C10H16N2O2S. The Morgan fingerprint density at radius 2 is 2.40 bits per heavy atom. The number of hydrogen-bond donors (Lipinski definition) is 1. The zero-order chi connectivity index (χ0) is 11.4. The fraction of sp³-hybridized carbons (Fsp3) is 0.600. The second-order valence-corrected chi connectivity index (χ2v) is 4.41. The second-order valence-electron chi connectivity index (χ2n) is 3.57. The zero-order valence-electron chi connectivity index (χ0n) is 9.23. The van der Waals surface area contributed by atoms with Crippen LogP contribution < -0.4 is 4.90 Å². The van der Waals surface area contributed by atoms with Crippen LogP contribution in [-0.4, -0.2) is 29.1 Å². The molecule has 0 bridgehead atoms. The lowest BCUT2D eigenvalue weighted by Gasteiger charge is -2.23. The van der Waals surface area contributed by atoms with E-state index in [1.807, 2.05) is 11.9 Å². The molecule has 0 saturated heterocycles. The van der Waals surface area contributed by atoms with Crippen LogP contribution in [0.25, 0.3) is 0 Å². The lowest BCUT2D eigenvalue weighted by atomic mass is 10.2. The topological polar surface area (TPSA) is 53.4 Å². The van der Waals surface area contributed by atoms with Gasteiger partial charge in [-0.1, -0.05) is 13.3 Å². The van der Waals surface area contributed by atoms with Crippen molar-refractivity contribution >= 4 is 22.4 Å². The van der Waals surface area contributed by atoms with Gasteiger partial charge in [-0.05, 0) is 13.3 Å². The minimum Gasteiger partial charge on any atom is -0.476 e. The molecule has 84 valence electrons. The van der Waals surface area contributed by atoms with Gasteiger partial charge in [-0.25, -0.2) is 9.78 Å². The van der Waals surface area contributed by atoms with Gasteiger partial charge in [0.2, 0.25) is 0 Å². The first kappa shape index (κ1) is 12.0. The predicted octanol–water partition coefficient (Wildman–Crippen LogP) is 2.47. The number of aromatic carboxylic acids is 1. The van der Waals surface area contributed by atoms with E-state index >= 15 is 0 Å². The van der Waals surface area contributed by atoms with Crippen molar-refractivity contribution in [2.24, 2.45) is 0 Å². The molecule has 15 heavy (non-hydrogen) atoms. The molecule has 0 amide bonds. The molecule has 1 aromatic rings. The number of carbonyl (C=O) groups is 1. The van der Waals surface area contributed by atoms with E-state index in [4.69, 9.17) is 5.11 Å². The van der Waals surface area contributed by atoms with Gasteiger partial charge in [0, 0.05) is 18.5 Å². The Hall–Kier alpha value is -1.10. The lowest BCUT2D eigenvalue weighted by molar-refractivity contribution is 0.0691. The van der Waals surface area contributed by atoms with Crippen LogP contribution in [0, 0.1) is 0 Å². The summed E-state index contributed by atoms with van der Waals surface area (Å²) in [5.74, 6) is -0.964. The number of hydrogen-bond acceptors (Lipinski definition) is 4. The van der Waals surface area contributed by atoms with Crippen molar-refractivity contribution in [3.05, 3.63) is 11.1 Å². The van der Waals surface area contributed by atoms with Crippen molar-refractivity contribution in [2.45, 2.75) is 32.7 Å². The molecule has 4 nitrogen and oxygen atoms in total. The highest BCUT2D eigenvalue weighted by atomic mass is 32.1. The summed E-state index contributed by atoms with van der Waals surface area (Å²) in [6.07, 6.45) is 2.20. The molecule has 0 fully saturated rings. The fourth-order valence-electron chi connectivity index (χ4n) is 1.32. The molecule has 1 atom stereocenters. The van der Waals surface area contributed by atoms with Gasteiger partial charge in [0.15, 0.2) is 10.8 Å². The normalized spacial score (nSPS) is 12.5. The Bertz CT molecular complexity index is 338. The summed E-state index contributed by atoms with van der Waals surface area (Å²) >= 11 is 1.37. The van der Waals surface area contributed by atoms with E-state index in [9.17, 15) is 4.79 Å². The van der Waals surface area contributed by atoms with Crippen LogP contribution in [0.2, 0.25) is 0 Å². The number of carboxylic acid groups (broad SMARTS) is 1. The number of thiazole rings is 1. The molecule has 0 spiro atoms. The average molecular weight is 228 g/mol. The lowest BCUT2D eigenvalue weighted by Crippen LogP contribution is -2.28. The van der Waals surface area contributed by atoms with Crippen LogP contribution in [0.5, 0.6) is 0 Å². The number of aromatic nitrogens is 1. The number of nitrogens with zero attached hydrogens (tertiary/aromatic N) is 2. The van der Waals surface area contributed by atoms with Crippen molar-refractivity contribution in [1.29, 1.82) is 0 Å². The van der Waals surface area contributed by atoms with Gasteiger partial charge in [-0.3, -0.25) is 0 Å². The number of rotatable bonds is 5. The van der Waals surface area contributed by atoms with Crippen LogP contribution in [0.15, 0.2) is 5.38 Å². The summed E-state index contributed by atoms with van der Waals surface area (Å²) in [5.41, 5.74) is 0.130. The Balaban J connectivity index is 2.73. The smallest absolute Gasteiger partial charge is 0.355 e. The molecule has 0 aliphatic heterocycles. The minimum absolute atomic E-state index is 0.130. The average Bonchev–Trinajstić information content (AvgIpc) is 2.65. The van der Waals surface area contributed by atoms with Gasteiger partial charge >= 0.3 is 5.97 Å². The highest BCUT2D eigenvalue weighted by Crippen LogP contribution is 2.22. The Morgan fingerprint density at radius 3 is 2.87 bits per heavy atom. The van der Waals surface area contributed by atoms with Crippen LogP contribution in [0.3, 0.4) is 0 Å². The summed E-state index contributed by atoms with van der Waals surface area (Å²) in [7, 11) is 1.95. The maximum absolute atomic E-state index is 10.7. The van der Waals surface area contributed by atoms with Crippen molar-refractivity contribution < 1.29 is 9.90 Å². The van der Waals surface area contributed by atoms with Gasteiger partial charge in [0.05, 0.1) is 0 Å². The summed E-state index contributed by atoms with van der Waals surface area (Å²) in [5, 5.41) is 11.1. The van der Waals surface area contributed by atoms with E-state index in [0.29, 0.717) is 6.04 Å². The third-order valence-corrected chi connectivity index (χ3v) is 3.31. The number of anilines is 1. The molecule has 0 aliphatic rings. The Kier molecular flexibility index (Phi) is 4.08. The molecular weight excluding hydrogens is 212 g/mol. The molecule has 0 radical (unpaired) electrons.